The van der Waals surface area contributed by atoms with Gasteiger partial charge in [0.05, 0.1) is 30.2 Å². The maximum Gasteiger partial charge on any atom is 0.279 e. The zero-order valence-electron chi connectivity index (χ0n) is 21.4. The summed E-state index contributed by atoms with van der Waals surface area (Å²) in [6, 6.07) is 5.93. The lowest BCUT2D eigenvalue weighted by Gasteiger charge is -2.37. The molecule has 5 rings (SSSR count). The number of nitrogens with zero attached hydrogens (tertiary/aromatic N) is 4. The monoisotopic (exact) mass is 592 g/mol. The minimum atomic E-state index is -3.86. The number of hydrogen-bond acceptors (Lipinski definition) is 11. The molecule has 0 saturated carbocycles. The van der Waals surface area contributed by atoms with Crippen LogP contribution in [0, 0.1) is 0 Å². The van der Waals surface area contributed by atoms with E-state index < -0.39 is 27.8 Å². The Balaban J connectivity index is 1.19. The summed E-state index contributed by atoms with van der Waals surface area (Å²) in [6.45, 7) is 1.67. The Kier molecular flexibility index (Phi) is 7.92. The van der Waals surface area contributed by atoms with Gasteiger partial charge in [-0.05, 0) is 37.5 Å². The Morgan fingerprint density at radius 1 is 1.10 bits per heavy atom. The summed E-state index contributed by atoms with van der Waals surface area (Å²) in [6.07, 6.45) is 1.81. The number of aliphatic imine (C=N–C) groups is 1. The molecular formula is C24H29ClN8O6S. The summed E-state index contributed by atoms with van der Waals surface area (Å²) >= 11 is 5.88. The second-order valence-electron chi connectivity index (χ2n) is 9.71. The lowest BCUT2D eigenvalue weighted by atomic mass is 9.86. The van der Waals surface area contributed by atoms with Gasteiger partial charge in [-0.2, -0.15) is 0 Å². The molecule has 0 atom stereocenters. The van der Waals surface area contributed by atoms with Crippen molar-refractivity contribution < 1.29 is 27.5 Å². The van der Waals surface area contributed by atoms with Crippen molar-refractivity contribution in [3.05, 3.63) is 40.7 Å². The Labute approximate surface area is 235 Å². The van der Waals surface area contributed by atoms with Crippen LogP contribution in [-0.4, -0.2) is 85.6 Å². The van der Waals surface area contributed by atoms with Gasteiger partial charge in [0, 0.05) is 25.1 Å². The van der Waals surface area contributed by atoms with Gasteiger partial charge in [-0.1, -0.05) is 17.7 Å². The third-order valence-electron chi connectivity index (χ3n) is 7.08. The molecule has 4 heterocycles. The second kappa shape index (κ2) is 11.2. The van der Waals surface area contributed by atoms with E-state index in [4.69, 9.17) is 37.5 Å². The molecule has 2 amide bonds. The van der Waals surface area contributed by atoms with Crippen LogP contribution in [-0.2, 0) is 19.5 Å². The number of ether oxygens (including phenoxy) is 2. The molecule has 1 aromatic carbocycles. The highest BCUT2D eigenvalue weighted by molar-refractivity contribution is 7.89. The van der Waals surface area contributed by atoms with Gasteiger partial charge in [0.25, 0.3) is 11.8 Å². The van der Waals surface area contributed by atoms with E-state index in [2.05, 4.69) is 20.0 Å². The number of amidine groups is 1. The molecule has 0 aliphatic carbocycles. The van der Waals surface area contributed by atoms with Crippen LogP contribution < -0.4 is 21.5 Å². The Bertz CT molecular complexity index is 1460. The number of nitrogens with one attached hydrogen (secondary N) is 2. The zero-order chi connectivity index (χ0) is 28.5. The van der Waals surface area contributed by atoms with Gasteiger partial charge >= 0.3 is 0 Å². The van der Waals surface area contributed by atoms with Crippen LogP contribution in [0.5, 0.6) is 0 Å². The van der Waals surface area contributed by atoms with Gasteiger partial charge in [0.2, 0.25) is 10.0 Å². The predicted molar refractivity (Wildman–Crippen MR) is 145 cm³/mol. The molecular weight excluding hydrogens is 564 g/mol. The lowest BCUT2D eigenvalue weighted by Crippen LogP contribution is -2.45. The van der Waals surface area contributed by atoms with Crippen LogP contribution in [0.2, 0.25) is 5.15 Å². The van der Waals surface area contributed by atoms with E-state index in [9.17, 15) is 18.0 Å². The number of benzene rings is 1. The molecule has 2 aromatic rings. The van der Waals surface area contributed by atoms with Crippen molar-refractivity contribution in [1.82, 2.24) is 24.9 Å². The fraction of sp³-hybridized carbons (Fsp3) is 0.458. The second-order valence-corrected chi connectivity index (χ2v) is 11.8. The Morgan fingerprint density at radius 3 is 2.55 bits per heavy atom. The van der Waals surface area contributed by atoms with Crippen molar-refractivity contribution in [2.75, 3.05) is 44.3 Å². The number of amides is 2. The molecule has 2 saturated heterocycles. The summed E-state index contributed by atoms with van der Waals surface area (Å²) in [5, 5.41) is 2.62. The number of halogens is 1. The average molecular weight is 593 g/mol. The van der Waals surface area contributed by atoms with E-state index in [0.717, 1.165) is 0 Å². The molecule has 14 nitrogen and oxygen atoms in total. The van der Waals surface area contributed by atoms with E-state index in [-0.39, 0.29) is 45.4 Å². The van der Waals surface area contributed by atoms with Crippen molar-refractivity contribution >= 4 is 50.9 Å². The first-order chi connectivity index (χ1) is 19.1. The fourth-order valence-electron chi connectivity index (χ4n) is 4.89. The first-order valence-corrected chi connectivity index (χ1v) is 14.5. The van der Waals surface area contributed by atoms with Gasteiger partial charge in [-0.3, -0.25) is 14.6 Å². The number of nitrogen functional groups attached to an aromatic ring is 2. The number of likely N-dealkylation sites (tertiary alicyclic amines) is 1. The van der Waals surface area contributed by atoms with Crippen LogP contribution in [0.15, 0.2) is 34.2 Å². The predicted octanol–water partition coefficient (Wildman–Crippen LogP) is 0.543. The van der Waals surface area contributed by atoms with E-state index in [1.807, 2.05) is 0 Å². The van der Waals surface area contributed by atoms with Crippen LogP contribution in [0.1, 0.15) is 46.5 Å². The number of sulfonamides is 1. The number of piperidine rings is 1. The maximum absolute atomic E-state index is 13.2. The normalized spacial score (nSPS) is 19.1. The molecule has 0 unspecified atom stereocenters. The van der Waals surface area contributed by atoms with E-state index >= 15 is 0 Å². The highest BCUT2D eigenvalue weighted by Crippen LogP contribution is 2.36. The van der Waals surface area contributed by atoms with Crippen molar-refractivity contribution in [2.24, 2.45) is 4.99 Å². The summed E-state index contributed by atoms with van der Waals surface area (Å²) in [4.78, 5) is 40.1. The molecule has 0 bridgehead atoms. The summed E-state index contributed by atoms with van der Waals surface area (Å²) < 4.78 is 38.5. The fourth-order valence-corrected chi connectivity index (χ4v) is 6.08. The Morgan fingerprint density at radius 2 is 1.82 bits per heavy atom. The maximum atomic E-state index is 13.2. The lowest BCUT2D eigenvalue weighted by molar-refractivity contribution is -0.0355. The van der Waals surface area contributed by atoms with Gasteiger partial charge < -0.3 is 31.2 Å². The van der Waals surface area contributed by atoms with Crippen LogP contribution >= 0.6 is 11.6 Å². The smallest absolute Gasteiger partial charge is 0.279 e. The number of nitrogens with two attached hydrogens (primary N) is 2. The van der Waals surface area contributed by atoms with Gasteiger partial charge in [-0.25, -0.2) is 23.1 Å². The van der Waals surface area contributed by atoms with Crippen LogP contribution in [0.25, 0.3) is 0 Å². The van der Waals surface area contributed by atoms with Gasteiger partial charge in [0.1, 0.15) is 5.84 Å². The Hall–Kier alpha value is -3.37. The van der Waals surface area contributed by atoms with Crippen LogP contribution in [0.4, 0.5) is 11.6 Å². The molecule has 3 aliphatic rings. The zero-order valence-corrected chi connectivity index (χ0v) is 23.0. The molecule has 1 spiro atoms. The molecule has 1 aromatic heterocycles. The quantitative estimate of drug-likeness (QED) is 0.366. The van der Waals surface area contributed by atoms with Crippen molar-refractivity contribution in [1.29, 1.82) is 0 Å². The summed E-state index contributed by atoms with van der Waals surface area (Å²) in [7, 11) is -3.86. The van der Waals surface area contributed by atoms with Crippen molar-refractivity contribution in [3.8, 4) is 0 Å². The number of aromatic nitrogens is 2. The molecule has 6 N–H and O–H groups in total. The standard InChI is InChI=1S/C24H29ClN8O6S/c25-19-21(27)31-20(26)18(30-19)22(34)29-16-4-5-24(32-16)6-8-33(9-7-24)23(35)14-2-1-3-15(12-14)40(36,37)28-13-17-38-10-11-39-17/h1-3,12,17,28H,4-11,13H2,(H4,26,27,31)(H,29,32,34). The van der Waals surface area contributed by atoms with E-state index in [1.54, 1.807) is 11.0 Å². The van der Waals surface area contributed by atoms with E-state index in [1.165, 1.54) is 18.2 Å². The third-order valence-corrected chi connectivity index (χ3v) is 8.78. The largest absolute Gasteiger partial charge is 0.382 e. The number of anilines is 2. The molecule has 0 radical (unpaired) electrons. The molecule has 214 valence electrons. The highest BCUT2D eigenvalue weighted by atomic mass is 35.5. The average Bonchev–Trinajstić information content (AvgIpc) is 3.60. The van der Waals surface area contributed by atoms with Crippen molar-refractivity contribution in [2.45, 2.75) is 42.4 Å². The van der Waals surface area contributed by atoms with Crippen LogP contribution in [0.3, 0.4) is 0 Å². The molecule has 40 heavy (non-hydrogen) atoms. The first-order valence-electron chi connectivity index (χ1n) is 12.7. The van der Waals surface area contributed by atoms with Crippen molar-refractivity contribution in [3.63, 3.8) is 0 Å². The van der Waals surface area contributed by atoms with E-state index in [0.29, 0.717) is 57.8 Å². The first kappa shape index (κ1) is 28.2. The topological polar surface area (TPSA) is 204 Å². The minimum absolute atomic E-state index is 0.0154. The number of hydrogen-bond donors (Lipinski definition) is 4. The number of carbonyl (C=O) groups is 2. The highest BCUT2D eigenvalue weighted by Gasteiger charge is 2.40. The summed E-state index contributed by atoms with van der Waals surface area (Å²) in [5.41, 5.74) is 11.1. The van der Waals surface area contributed by atoms with Gasteiger partial charge in [0.15, 0.2) is 28.8 Å². The molecule has 16 heteroatoms. The number of carbonyl (C=O) groups excluding carboxylic acids is 2. The molecule has 2 fully saturated rings. The molecule has 3 aliphatic heterocycles. The summed E-state index contributed by atoms with van der Waals surface area (Å²) in [5.74, 6) is -0.549. The minimum Gasteiger partial charge on any atom is -0.382 e. The van der Waals surface area contributed by atoms with Gasteiger partial charge in [-0.15, -0.1) is 0 Å². The SMILES string of the molecule is Nc1nc(N)c(C(=O)NC2=NC3(CC2)CCN(C(=O)c2cccc(S(=O)(=O)NCC4OCCO4)c2)CC3)nc1Cl. The number of rotatable bonds is 6. The third kappa shape index (κ3) is 6.02.